The molecular weight excluding hydrogens is 181 g/mol. The van der Waals surface area contributed by atoms with Gasteiger partial charge in [0.1, 0.15) is 5.82 Å². The van der Waals surface area contributed by atoms with Crippen molar-refractivity contribution in [1.29, 1.82) is 0 Å². The molecule has 0 spiro atoms. The fourth-order valence-corrected chi connectivity index (χ4v) is 0.953. The minimum Gasteiger partial charge on any atom is -0.341 e. The van der Waals surface area contributed by atoms with E-state index >= 15 is 0 Å². The molecule has 1 N–H and O–H groups in total. The van der Waals surface area contributed by atoms with Crippen LogP contribution in [0.5, 0.6) is 0 Å². The highest BCUT2D eigenvalue weighted by Crippen LogP contribution is 2.05. The molecule has 1 aromatic rings. The summed E-state index contributed by atoms with van der Waals surface area (Å²) in [5.41, 5.74) is 0.0467. The van der Waals surface area contributed by atoms with Crippen molar-refractivity contribution in [2.24, 2.45) is 0 Å². The Kier molecular flexibility index (Phi) is 3.69. The highest BCUT2D eigenvalue weighted by molar-refractivity contribution is 5.94. The van der Waals surface area contributed by atoms with Crippen molar-refractivity contribution in [3.8, 4) is 11.8 Å². The van der Waals surface area contributed by atoms with Gasteiger partial charge in [0.25, 0.3) is 5.91 Å². The lowest BCUT2D eigenvalue weighted by atomic mass is 10.2. The lowest BCUT2D eigenvalue weighted by Gasteiger charge is -2.01. The quantitative estimate of drug-likeness (QED) is 0.706. The second kappa shape index (κ2) is 5.03. The molecule has 72 valence electrons. The lowest BCUT2D eigenvalue weighted by molar-refractivity contribution is 0.0954. The van der Waals surface area contributed by atoms with Gasteiger partial charge >= 0.3 is 0 Å². The standard InChI is InChI=1S/C11H10FNO/c1-2-3-8-13-11(14)9-6-4-5-7-10(9)12/h4-7H,8H2,1H3,(H,13,14). The van der Waals surface area contributed by atoms with E-state index in [1.54, 1.807) is 13.0 Å². The summed E-state index contributed by atoms with van der Waals surface area (Å²) in [5, 5.41) is 2.49. The largest absolute Gasteiger partial charge is 0.341 e. The summed E-state index contributed by atoms with van der Waals surface area (Å²) in [4.78, 5) is 11.3. The smallest absolute Gasteiger partial charge is 0.255 e. The normalized spacial score (nSPS) is 8.71. The fraction of sp³-hybridized carbons (Fsp3) is 0.182. The molecule has 1 rings (SSSR count). The number of benzene rings is 1. The summed E-state index contributed by atoms with van der Waals surface area (Å²) >= 11 is 0. The molecule has 2 nitrogen and oxygen atoms in total. The number of nitrogens with one attached hydrogen (secondary N) is 1. The average Bonchev–Trinajstić information content (AvgIpc) is 2.18. The predicted octanol–water partition coefficient (Wildman–Crippen LogP) is 1.58. The van der Waals surface area contributed by atoms with E-state index in [0.717, 1.165) is 0 Å². The van der Waals surface area contributed by atoms with Crippen molar-refractivity contribution < 1.29 is 9.18 Å². The summed E-state index contributed by atoms with van der Waals surface area (Å²) in [6.45, 7) is 1.92. The number of amides is 1. The third kappa shape index (κ3) is 2.60. The monoisotopic (exact) mass is 191 g/mol. The zero-order valence-electron chi connectivity index (χ0n) is 7.80. The zero-order valence-corrected chi connectivity index (χ0v) is 7.80. The molecule has 0 radical (unpaired) electrons. The summed E-state index contributed by atoms with van der Waals surface area (Å²) in [6.07, 6.45) is 0. The average molecular weight is 191 g/mol. The maximum atomic E-state index is 13.1. The molecule has 0 aliphatic rings. The molecule has 1 aromatic carbocycles. The fourth-order valence-electron chi connectivity index (χ4n) is 0.953. The van der Waals surface area contributed by atoms with Crippen LogP contribution in [-0.4, -0.2) is 12.5 Å². The van der Waals surface area contributed by atoms with Crippen molar-refractivity contribution in [3.63, 3.8) is 0 Å². The van der Waals surface area contributed by atoms with E-state index in [4.69, 9.17) is 0 Å². The molecule has 0 aliphatic heterocycles. The van der Waals surface area contributed by atoms with Crippen LogP contribution in [-0.2, 0) is 0 Å². The molecule has 0 aromatic heterocycles. The van der Waals surface area contributed by atoms with Crippen LogP contribution in [0.1, 0.15) is 17.3 Å². The van der Waals surface area contributed by atoms with Crippen molar-refractivity contribution in [2.75, 3.05) is 6.54 Å². The molecular formula is C11H10FNO. The van der Waals surface area contributed by atoms with Crippen LogP contribution in [0.15, 0.2) is 24.3 Å². The van der Waals surface area contributed by atoms with Gasteiger partial charge in [0.2, 0.25) is 0 Å². The Morgan fingerprint density at radius 3 is 2.86 bits per heavy atom. The Hall–Kier alpha value is -1.82. The van der Waals surface area contributed by atoms with Gasteiger partial charge in [0, 0.05) is 0 Å². The number of hydrogen-bond acceptors (Lipinski definition) is 1. The van der Waals surface area contributed by atoms with Gasteiger partial charge in [-0.25, -0.2) is 4.39 Å². The molecule has 3 heteroatoms. The topological polar surface area (TPSA) is 29.1 Å². The van der Waals surface area contributed by atoms with E-state index in [-0.39, 0.29) is 12.1 Å². The highest BCUT2D eigenvalue weighted by atomic mass is 19.1. The Balaban J connectivity index is 2.68. The Morgan fingerprint density at radius 1 is 1.50 bits per heavy atom. The van der Waals surface area contributed by atoms with Crippen molar-refractivity contribution >= 4 is 5.91 Å². The minimum atomic E-state index is -0.519. The maximum absolute atomic E-state index is 13.1. The van der Waals surface area contributed by atoms with Crippen LogP contribution >= 0.6 is 0 Å². The molecule has 0 unspecified atom stereocenters. The van der Waals surface area contributed by atoms with Gasteiger partial charge in [0.15, 0.2) is 0 Å². The number of carbonyl (C=O) groups is 1. The lowest BCUT2D eigenvalue weighted by Crippen LogP contribution is -2.24. The highest BCUT2D eigenvalue weighted by Gasteiger charge is 2.08. The van der Waals surface area contributed by atoms with Gasteiger partial charge in [-0.2, -0.15) is 0 Å². The Morgan fingerprint density at radius 2 is 2.21 bits per heavy atom. The molecule has 0 fully saturated rings. The van der Waals surface area contributed by atoms with Gasteiger partial charge in [-0.05, 0) is 19.1 Å². The number of hydrogen-bond donors (Lipinski definition) is 1. The maximum Gasteiger partial charge on any atom is 0.255 e. The Bertz CT molecular complexity index is 390. The van der Waals surface area contributed by atoms with Gasteiger partial charge < -0.3 is 5.32 Å². The Labute approximate surface area is 82.1 Å². The molecule has 0 bridgehead atoms. The first kappa shape index (κ1) is 10.3. The first-order valence-corrected chi connectivity index (χ1v) is 4.18. The first-order valence-electron chi connectivity index (χ1n) is 4.18. The zero-order chi connectivity index (χ0) is 10.4. The number of carbonyl (C=O) groups excluding carboxylic acids is 1. The van der Waals surface area contributed by atoms with E-state index in [1.807, 2.05) is 0 Å². The van der Waals surface area contributed by atoms with E-state index in [0.29, 0.717) is 0 Å². The van der Waals surface area contributed by atoms with Crippen LogP contribution in [0, 0.1) is 17.7 Å². The molecule has 0 atom stereocenters. The van der Waals surface area contributed by atoms with Gasteiger partial charge in [0.05, 0.1) is 12.1 Å². The van der Waals surface area contributed by atoms with Crippen LogP contribution < -0.4 is 5.32 Å². The second-order valence-electron chi connectivity index (χ2n) is 2.59. The van der Waals surface area contributed by atoms with Gasteiger partial charge in [-0.1, -0.05) is 18.1 Å². The van der Waals surface area contributed by atoms with E-state index in [9.17, 15) is 9.18 Å². The predicted molar refractivity (Wildman–Crippen MR) is 52.2 cm³/mol. The van der Waals surface area contributed by atoms with E-state index in [1.165, 1.54) is 18.2 Å². The van der Waals surface area contributed by atoms with Crippen LogP contribution in [0.4, 0.5) is 4.39 Å². The third-order valence-corrected chi connectivity index (χ3v) is 1.63. The van der Waals surface area contributed by atoms with Crippen LogP contribution in [0.25, 0.3) is 0 Å². The van der Waals surface area contributed by atoms with E-state index < -0.39 is 11.7 Å². The number of rotatable bonds is 2. The molecule has 0 heterocycles. The second-order valence-corrected chi connectivity index (χ2v) is 2.59. The SMILES string of the molecule is CC#CCNC(=O)c1ccccc1F. The van der Waals surface area contributed by atoms with Crippen LogP contribution in [0.3, 0.4) is 0 Å². The van der Waals surface area contributed by atoms with Crippen molar-refractivity contribution in [3.05, 3.63) is 35.6 Å². The minimum absolute atomic E-state index is 0.0467. The van der Waals surface area contributed by atoms with Gasteiger partial charge in [-0.15, -0.1) is 5.92 Å². The van der Waals surface area contributed by atoms with Crippen molar-refractivity contribution in [1.82, 2.24) is 5.32 Å². The molecule has 14 heavy (non-hydrogen) atoms. The third-order valence-electron chi connectivity index (χ3n) is 1.63. The molecule has 1 amide bonds. The van der Waals surface area contributed by atoms with E-state index in [2.05, 4.69) is 17.2 Å². The summed E-state index contributed by atoms with van der Waals surface area (Å²) < 4.78 is 13.1. The van der Waals surface area contributed by atoms with Gasteiger partial charge in [-0.3, -0.25) is 4.79 Å². The van der Waals surface area contributed by atoms with Crippen molar-refractivity contribution in [2.45, 2.75) is 6.92 Å². The van der Waals surface area contributed by atoms with Crippen LogP contribution in [0.2, 0.25) is 0 Å². The first-order chi connectivity index (χ1) is 6.75. The summed E-state index contributed by atoms with van der Waals surface area (Å²) in [6, 6.07) is 5.84. The molecule has 0 saturated carbocycles. The molecule has 0 saturated heterocycles. The summed E-state index contributed by atoms with van der Waals surface area (Å²) in [7, 11) is 0. The molecule has 0 aliphatic carbocycles. The number of halogens is 1. The summed E-state index contributed by atoms with van der Waals surface area (Å²) in [5.74, 6) is 4.34.